The highest BCUT2D eigenvalue weighted by Crippen LogP contribution is 2.23. The summed E-state index contributed by atoms with van der Waals surface area (Å²) < 4.78 is 19.3. The Bertz CT molecular complexity index is 498. The Morgan fingerprint density at radius 2 is 2.05 bits per heavy atom. The van der Waals surface area contributed by atoms with Gasteiger partial charge in [-0.25, -0.2) is 4.39 Å². The topological polar surface area (TPSA) is 58.6 Å². The SMILES string of the molecule is CC(Oc1ccc(C(C)O)cc1F)C(=O)NC1CCCC1. The smallest absolute Gasteiger partial charge is 0.260 e. The van der Waals surface area contributed by atoms with Crippen LogP contribution in [0.2, 0.25) is 0 Å². The summed E-state index contributed by atoms with van der Waals surface area (Å²) in [7, 11) is 0. The maximum atomic E-state index is 13.9. The molecule has 5 heteroatoms. The largest absolute Gasteiger partial charge is 0.478 e. The van der Waals surface area contributed by atoms with Crippen molar-refractivity contribution in [2.75, 3.05) is 0 Å². The van der Waals surface area contributed by atoms with Gasteiger partial charge in [0.2, 0.25) is 0 Å². The molecule has 2 atom stereocenters. The number of carbonyl (C=O) groups excluding carboxylic acids is 1. The molecule has 1 saturated carbocycles. The van der Waals surface area contributed by atoms with E-state index in [9.17, 15) is 14.3 Å². The summed E-state index contributed by atoms with van der Waals surface area (Å²) >= 11 is 0. The number of carbonyl (C=O) groups is 1. The number of hydrogen-bond donors (Lipinski definition) is 2. The van der Waals surface area contributed by atoms with Crippen molar-refractivity contribution >= 4 is 5.91 Å². The van der Waals surface area contributed by atoms with E-state index in [0.29, 0.717) is 5.56 Å². The third kappa shape index (κ3) is 4.17. The van der Waals surface area contributed by atoms with Gasteiger partial charge in [-0.05, 0) is 44.4 Å². The molecule has 0 aromatic heterocycles. The summed E-state index contributed by atoms with van der Waals surface area (Å²) in [6, 6.07) is 4.47. The number of hydrogen-bond acceptors (Lipinski definition) is 3. The maximum absolute atomic E-state index is 13.9. The van der Waals surface area contributed by atoms with Gasteiger partial charge >= 0.3 is 0 Å². The minimum absolute atomic E-state index is 0.0217. The first-order valence-corrected chi connectivity index (χ1v) is 7.42. The van der Waals surface area contributed by atoms with Crippen LogP contribution in [0, 0.1) is 5.82 Å². The molecule has 2 unspecified atom stereocenters. The van der Waals surface area contributed by atoms with E-state index in [1.807, 2.05) is 0 Å². The van der Waals surface area contributed by atoms with Crippen molar-refractivity contribution in [2.24, 2.45) is 0 Å². The quantitative estimate of drug-likeness (QED) is 0.878. The van der Waals surface area contributed by atoms with Crippen LogP contribution in [0.1, 0.15) is 51.2 Å². The summed E-state index contributed by atoms with van der Waals surface area (Å²) in [4.78, 5) is 12.0. The molecule has 4 nitrogen and oxygen atoms in total. The number of aliphatic hydroxyl groups excluding tert-OH is 1. The van der Waals surface area contributed by atoms with E-state index in [0.717, 1.165) is 25.7 Å². The van der Waals surface area contributed by atoms with Gasteiger partial charge in [-0.2, -0.15) is 0 Å². The maximum Gasteiger partial charge on any atom is 0.260 e. The number of rotatable bonds is 5. The van der Waals surface area contributed by atoms with Crippen LogP contribution in [0.3, 0.4) is 0 Å². The first kappa shape index (κ1) is 15.8. The zero-order valence-corrected chi connectivity index (χ0v) is 12.4. The highest BCUT2D eigenvalue weighted by atomic mass is 19.1. The van der Waals surface area contributed by atoms with Crippen LogP contribution < -0.4 is 10.1 Å². The van der Waals surface area contributed by atoms with Gasteiger partial charge in [0.05, 0.1) is 6.10 Å². The first-order valence-electron chi connectivity index (χ1n) is 7.42. The summed E-state index contributed by atoms with van der Waals surface area (Å²) in [5, 5.41) is 12.3. The van der Waals surface area contributed by atoms with Crippen LogP contribution in [0.5, 0.6) is 5.75 Å². The van der Waals surface area contributed by atoms with Crippen molar-refractivity contribution in [2.45, 2.75) is 57.8 Å². The van der Waals surface area contributed by atoms with E-state index >= 15 is 0 Å². The molecule has 2 N–H and O–H groups in total. The minimum Gasteiger partial charge on any atom is -0.478 e. The highest BCUT2D eigenvalue weighted by molar-refractivity contribution is 5.81. The predicted molar refractivity (Wildman–Crippen MR) is 77.5 cm³/mol. The van der Waals surface area contributed by atoms with Gasteiger partial charge in [-0.15, -0.1) is 0 Å². The van der Waals surface area contributed by atoms with E-state index in [-0.39, 0.29) is 17.7 Å². The summed E-state index contributed by atoms with van der Waals surface area (Å²) in [5.74, 6) is -0.775. The van der Waals surface area contributed by atoms with E-state index in [2.05, 4.69) is 5.32 Å². The lowest BCUT2D eigenvalue weighted by atomic mass is 10.1. The van der Waals surface area contributed by atoms with Crippen molar-refractivity contribution in [3.63, 3.8) is 0 Å². The molecule has 0 spiro atoms. The van der Waals surface area contributed by atoms with Crippen LogP contribution in [-0.4, -0.2) is 23.2 Å². The average Bonchev–Trinajstić information content (AvgIpc) is 2.93. The Kier molecular flexibility index (Phi) is 5.17. The van der Waals surface area contributed by atoms with Gasteiger partial charge in [0.15, 0.2) is 17.7 Å². The number of ether oxygens (including phenoxy) is 1. The second-order valence-electron chi connectivity index (χ2n) is 5.62. The highest BCUT2D eigenvalue weighted by Gasteiger charge is 2.22. The van der Waals surface area contributed by atoms with E-state index < -0.39 is 18.0 Å². The van der Waals surface area contributed by atoms with Crippen LogP contribution in [0.25, 0.3) is 0 Å². The molecule has 1 aliphatic carbocycles. The number of amides is 1. The molecular weight excluding hydrogens is 273 g/mol. The molecule has 0 saturated heterocycles. The zero-order valence-electron chi connectivity index (χ0n) is 12.4. The molecular formula is C16H22FNO3. The molecule has 116 valence electrons. The normalized spacial score (nSPS) is 18.3. The Labute approximate surface area is 124 Å². The molecule has 1 aromatic rings. The van der Waals surface area contributed by atoms with E-state index in [1.54, 1.807) is 19.9 Å². The Hall–Kier alpha value is -1.62. The van der Waals surface area contributed by atoms with Crippen molar-refractivity contribution < 1.29 is 19.0 Å². The average molecular weight is 295 g/mol. The third-order valence-corrected chi connectivity index (χ3v) is 3.81. The van der Waals surface area contributed by atoms with Crippen molar-refractivity contribution in [3.05, 3.63) is 29.6 Å². The first-order chi connectivity index (χ1) is 9.97. The fourth-order valence-corrected chi connectivity index (χ4v) is 2.51. The Morgan fingerprint density at radius 3 is 2.62 bits per heavy atom. The Morgan fingerprint density at radius 1 is 1.38 bits per heavy atom. The molecule has 2 rings (SSSR count). The van der Waals surface area contributed by atoms with Crippen LogP contribution in [0.15, 0.2) is 18.2 Å². The molecule has 1 amide bonds. The minimum atomic E-state index is -0.752. The van der Waals surface area contributed by atoms with Crippen LogP contribution >= 0.6 is 0 Å². The van der Waals surface area contributed by atoms with Gasteiger partial charge < -0.3 is 15.2 Å². The summed E-state index contributed by atoms with van der Waals surface area (Å²) in [6.45, 7) is 3.17. The van der Waals surface area contributed by atoms with Crippen LogP contribution in [-0.2, 0) is 4.79 Å². The third-order valence-electron chi connectivity index (χ3n) is 3.81. The number of nitrogens with one attached hydrogen (secondary N) is 1. The molecule has 1 aliphatic rings. The molecule has 0 bridgehead atoms. The fraction of sp³-hybridized carbons (Fsp3) is 0.562. The molecule has 0 radical (unpaired) electrons. The van der Waals surface area contributed by atoms with Crippen molar-refractivity contribution in [3.8, 4) is 5.75 Å². The molecule has 0 heterocycles. The standard InChI is InChI=1S/C16H22FNO3/c1-10(19)12-7-8-15(14(17)9-12)21-11(2)16(20)18-13-5-3-4-6-13/h7-11,13,19H,3-6H2,1-2H3,(H,18,20). The summed E-state index contributed by atoms with van der Waals surface area (Å²) in [6.07, 6.45) is 2.77. The second kappa shape index (κ2) is 6.89. The lowest BCUT2D eigenvalue weighted by Gasteiger charge is -2.18. The van der Waals surface area contributed by atoms with Crippen molar-refractivity contribution in [1.29, 1.82) is 0 Å². The Balaban J connectivity index is 1.95. The van der Waals surface area contributed by atoms with Gasteiger partial charge in [0.1, 0.15) is 0 Å². The monoisotopic (exact) mass is 295 g/mol. The predicted octanol–water partition coefficient (Wildman–Crippen LogP) is 2.71. The second-order valence-corrected chi connectivity index (χ2v) is 5.62. The molecule has 1 aromatic carbocycles. The van der Waals surface area contributed by atoms with Gasteiger partial charge in [-0.3, -0.25) is 4.79 Å². The fourth-order valence-electron chi connectivity index (χ4n) is 2.51. The lowest BCUT2D eigenvalue weighted by molar-refractivity contribution is -0.128. The van der Waals surface area contributed by atoms with Crippen molar-refractivity contribution in [1.82, 2.24) is 5.32 Å². The number of halogens is 1. The molecule has 1 fully saturated rings. The van der Waals surface area contributed by atoms with E-state index in [1.165, 1.54) is 12.1 Å². The summed E-state index contributed by atoms with van der Waals surface area (Å²) in [5.41, 5.74) is 0.475. The number of benzene rings is 1. The number of aliphatic hydroxyl groups is 1. The van der Waals surface area contributed by atoms with Gasteiger partial charge in [0, 0.05) is 6.04 Å². The van der Waals surface area contributed by atoms with Gasteiger partial charge in [0.25, 0.3) is 5.91 Å². The molecule has 0 aliphatic heterocycles. The van der Waals surface area contributed by atoms with E-state index in [4.69, 9.17) is 4.74 Å². The zero-order chi connectivity index (χ0) is 15.4. The van der Waals surface area contributed by atoms with Crippen LogP contribution in [0.4, 0.5) is 4.39 Å². The lowest BCUT2D eigenvalue weighted by Crippen LogP contribution is -2.41. The molecule has 21 heavy (non-hydrogen) atoms. The van der Waals surface area contributed by atoms with Gasteiger partial charge in [-0.1, -0.05) is 18.9 Å².